The van der Waals surface area contributed by atoms with Crippen LogP contribution < -0.4 is 10.1 Å². The Balaban J connectivity index is 2.22. The molecule has 0 saturated heterocycles. The van der Waals surface area contributed by atoms with Crippen molar-refractivity contribution in [3.8, 4) is 11.6 Å². The summed E-state index contributed by atoms with van der Waals surface area (Å²) in [6.45, 7) is 0. The van der Waals surface area contributed by atoms with Crippen LogP contribution in [0.25, 0.3) is 0 Å². The molecule has 5 nitrogen and oxygen atoms in total. The average molecular weight is 244 g/mol. The van der Waals surface area contributed by atoms with E-state index in [-0.39, 0.29) is 17.5 Å². The molecular formula is C13H12N2O3. The summed E-state index contributed by atoms with van der Waals surface area (Å²) in [5.74, 6) is 0.00616. The molecule has 5 heteroatoms. The van der Waals surface area contributed by atoms with Crippen LogP contribution in [0, 0.1) is 0 Å². The molecule has 2 rings (SSSR count). The number of hydrogen-bond donors (Lipinski definition) is 2. The monoisotopic (exact) mass is 244 g/mol. The third kappa shape index (κ3) is 2.57. The Kier molecular flexibility index (Phi) is 3.43. The number of carbonyl (C=O) groups is 1. The number of anilines is 1. The Morgan fingerprint density at radius 3 is 2.89 bits per heavy atom. The summed E-state index contributed by atoms with van der Waals surface area (Å²) in [4.78, 5) is 15.9. The van der Waals surface area contributed by atoms with E-state index in [1.165, 1.54) is 19.2 Å². The quantitative estimate of drug-likeness (QED) is 0.866. The summed E-state index contributed by atoms with van der Waals surface area (Å²) >= 11 is 0. The minimum Gasteiger partial charge on any atom is -0.508 e. The van der Waals surface area contributed by atoms with Gasteiger partial charge in [0, 0.05) is 18.0 Å². The minimum atomic E-state index is -0.342. The molecule has 0 bridgehead atoms. The second-order valence-corrected chi connectivity index (χ2v) is 3.56. The van der Waals surface area contributed by atoms with E-state index in [1.807, 2.05) is 0 Å². The summed E-state index contributed by atoms with van der Waals surface area (Å²) in [5, 5.41) is 12.0. The number of rotatable bonds is 3. The first-order chi connectivity index (χ1) is 8.70. The number of nitrogens with one attached hydrogen (secondary N) is 1. The zero-order valence-corrected chi connectivity index (χ0v) is 9.75. The maximum Gasteiger partial charge on any atom is 0.261 e. The van der Waals surface area contributed by atoms with E-state index >= 15 is 0 Å². The van der Waals surface area contributed by atoms with Crippen LogP contribution in [-0.4, -0.2) is 23.1 Å². The molecular weight excluding hydrogens is 232 g/mol. The topological polar surface area (TPSA) is 71.5 Å². The van der Waals surface area contributed by atoms with Crippen LogP contribution in [-0.2, 0) is 0 Å². The lowest BCUT2D eigenvalue weighted by Gasteiger charge is -2.08. The highest BCUT2D eigenvalue weighted by molar-refractivity contribution is 6.05. The van der Waals surface area contributed by atoms with Crippen LogP contribution in [0.4, 0.5) is 5.69 Å². The molecule has 1 aromatic heterocycles. The molecule has 0 aliphatic heterocycles. The van der Waals surface area contributed by atoms with Gasteiger partial charge in [0.15, 0.2) is 0 Å². The van der Waals surface area contributed by atoms with Gasteiger partial charge in [-0.05, 0) is 24.3 Å². The van der Waals surface area contributed by atoms with Gasteiger partial charge < -0.3 is 15.2 Å². The van der Waals surface area contributed by atoms with Crippen LogP contribution in [0.5, 0.6) is 11.6 Å². The summed E-state index contributed by atoms with van der Waals surface area (Å²) in [6, 6.07) is 9.58. The number of pyridine rings is 1. The van der Waals surface area contributed by atoms with Gasteiger partial charge in [-0.25, -0.2) is 4.98 Å². The number of nitrogens with zero attached hydrogens (tertiary/aromatic N) is 1. The highest BCUT2D eigenvalue weighted by Crippen LogP contribution is 2.19. The van der Waals surface area contributed by atoms with Crippen molar-refractivity contribution in [1.29, 1.82) is 0 Å². The van der Waals surface area contributed by atoms with Gasteiger partial charge in [0.1, 0.15) is 11.3 Å². The molecule has 0 unspecified atom stereocenters. The molecule has 2 aromatic rings. The number of aromatic hydroxyl groups is 1. The number of phenolic OH excluding ortho intramolecular Hbond substituents is 1. The summed E-state index contributed by atoms with van der Waals surface area (Å²) in [7, 11) is 1.45. The van der Waals surface area contributed by atoms with Gasteiger partial charge in [0.2, 0.25) is 5.88 Å². The van der Waals surface area contributed by atoms with Gasteiger partial charge >= 0.3 is 0 Å². The van der Waals surface area contributed by atoms with Crippen molar-refractivity contribution in [2.24, 2.45) is 0 Å². The van der Waals surface area contributed by atoms with E-state index in [0.29, 0.717) is 11.3 Å². The first-order valence-electron chi connectivity index (χ1n) is 5.30. The Hall–Kier alpha value is -2.56. The van der Waals surface area contributed by atoms with Gasteiger partial charge in [0.25, 0.3) is 5.91 Å². The van der Waals surface area contributed by atoms with Crippen molar-refractivity contribution < 1.29 is 14.6 Å². The first kappa shape index (κ1) is 11.9. The number of ether oxygens (including phenoxy) is 1. The lowest BCUT2D eigenvalue weighted by Crippen LogP contribution is -2.13. The number of amides is 1. The minimum absolute atomic E-state index is 0.0888. The number of aromatic nitrogens is 1. The normalized spacial score (nSPS) is 9.83. The van der Waals surface area contributed by atoms with E-state index < -0.39 is 0 Å². The van der Waals surface area contributed by atoms with Crippen LogP contribution in [0.3, 0.4) is 0 Å². The molecule has 1 heterocycles. The number of hydrogen-bond acceptors (Lipinski definition) is 4. The van der Waals surface area contributed by atoms with E-state index in [0.717, 1.165) is 0 Å². The van der Waals surface area contributed by atoms with Crippen molar-refractivity contribution in [2.75, 3.05) is 12.4 Å². The van der Waals surface area contributed by atoms with Crippen LogP contribution in [0.2, 0.25) is 0 Å². The van der Waals surface area contributed by atoms with Gasteiger partial charge in [-0.3, -0.25) is 4.79 Å². The number of methoxy groups -OCH3 is 1. The zero-order chi connectivity index (χ0) is 13.0. The highest BCUT2D eigenvalue weighted by Gasteiger charge is 2.12. The molecule has 2 N–H and O–H groups in total. The second-order valence-electron chi connectivity index (χ2n) is 3.56. The molecule has 92 valence electrons. The molecule has 0 radical (unpaired) electrons. The fourth-order valence-corrected chi connectivity index (χ4v) is 1.51. The second kappa shape index (κ2) is 5.18. The lowest BCUT2D eigenvalue weighted by atomic mass is 10.2. The predicted molar refractivity (Wildman–Crippen MR) is 66.8 cm³/mol. The van der Waals surface area contributed by atoms with E-state index in [4.69, 9.17) is 4.74 Å². The Bertz CT molecular complexity index is 570. The molecule has 0 saturated carbocycles. The molecule has 0 aliphatic rings. The maximum absolute atomic E-state index is 12.0. The fourth-order valence-electron chi connectivity index (χ4n) is 1.51. The lowest BCUT2D eigenvalue weighted by molar-refractivity contribution is 0.102. The molecule has 0 fully saturated rings. The SMILES string of the molecule is COc1ncccc1C(=O)Nc1cccc(O)c1. The summed E-state index contributed by atoms with van der Waals surface area (Å²) in [6.07, 6.45) is 1.55. The molecule has 0 atom stereocenters. The smallest absolute Gasteiger partial charge is 0.261 e. The highest BCUT2D eigenvalue weighted by atomic mass is 16.5. The number of carbonyl (C=O) groups excluding carboxylic acids is 1. The molecule has 1 aromatic carbocycles. The van der Waals surface area contributed by atoms with Crippen LogP contribution in [0.1, 0.15) is 10.4 Å². The molecule has 1 amide bonds. The van der Waals surface area contributed by atoms with E-state index in [9.17, 15) is 9.90 Å². The van der Waals surface area contributed by atoms with Crippen molar-refractivity contribution in [3.63, 3.8) is 0 Å². The Morgan fingerprint density at radius 2 is 2.17 bits per heavy atom. The summed E-state index contributed by atoms with van der Waals surface area (Å²) in [5.41, 5.74) is 0.842. The van der Waals surface area contributed by atoms with Gasteiger partial charge in [-0.1, -0.05) is 6.07 Å². The third-order valence-corrected chi connectivity index (χ3v) is 2.31. The maximum atomic E-state index is 12.0. The van der Waals surface area contributed by atoms with Gasteiger partial charge in [-0.2, -0.15) is 0 Å². The third-order valence-electron chi connectivity index (χ3n) is 2.31. The van der Waals surface area contributed by atoms with Crippen molar-refractivity contribution in [1.82, 2.24) is 4.98 Å². The zero-order valence-electron chi connectivity index (χ0n) is 9.75. The molecule has 0 aliphatic carbocycles. The summed E-state index contributed by atoms with van der Waals surface area (Å²) < 4.78 is 5.01. The van der Waals surface area contributed by atoms with Crippen molar-refractivity contribution in [3.05, 3.63) is 48.2 Å². The molecule has 0 spiro atoms. The van der Waals surface area contributed by atoms with Gasteiger partial charge in [0.05, 0.1) is 7.11 Å². The van der Waals surface area contributed by atoms with Gasteiger partial charge in [-0.15, -0.1) is 0 Å². The first-order valence-corrected chi connectivity index (χ1v) is 5.30. The average Bonchev–Trinajstić information content (AvgIpc) is 2.38. The number of phenols is 1. The van der Waals surface area contributed by atoms with Crippen LogP contribution >= 0.6 is 0 Å². The molecule has 18 heavy (non-hydrogen) atoms. The van der Waals surface area contributed by atoms with E-state index in [1.54, 1.807) is 30.5 Å². The largest absolute Gasteiger partial charge is 0.508 e. The fraction of sp³-hybridized carbons (Fsp3) is 0.0769. The number of benzene rings is 1. The standard InChI is InChI=1S/C13H12N2O3/c1-18-13-11(6-3-7-14-13)12(17)15-9-4-2-5-10(16)8-9/h2-8,16H,1H3,(H,15,17). The van der Waals surface area contributed by atoms with Crippen molar-refractivity contribution in [2.45, 2.75) is 0 Å². The Morgan fingerprint density at radius 1 is 1.33 bits per heavy atom. The van der Waals surface area contributed by atoms with Crippen LogP contribution in [0.15, 0.2) is 42.6 Å². The Labute approximate surface area is 104 Å². The predicted octanol–water partition coefficient (Wildman–Crippen LogP) is 2.05. The van der Waals surface area contributed by atoms with E-state index in [2.05, 4.69) is 10.3 Å². The van der Waals surface area contributed by atoms with Crippen molar-refractivity contribution >= 4 is 11.6 Å².